The van der Waals surface area contributed by atoms with E-state index >= 15 is 0 Å². The highest BCUT2D eigenvalue weighted by molar-refractivity contribution is 6.30. The molecule has 0 saturated carbocycles. The number of fused-ring (bicyclic) bond motifs is 1. The summed E-state index contributed by atoms with van der Waals surface area (Å²) in [4.78, 5) is 17.4. The first-order valence-corrected chi connectivity index (χ1v) is 7.32. The van der Waals surface area contributed by atoms with E-state index in [2.05, 4.69) is 10.1 Å². The van der Waals surface area contributed by atoms with Crippen molar-refractivity contribution in [3.63, 3.8) is 0 Å². The van der Waals surface area contributed by atoms with Gasteiger partial charge in [-0.05, 0) is 17.7 Å². The fourth-order valence-electron chi connectivity index (χ4n) is 2.55. The Kier molecular flexibility index (Phi) is 2.98. The molecule has 0 atom stereocenters. The molecular formula is C17H12ClN3O. The van der Waals surface area contributed by atoms with E-state index in [0.29, 0.717) is 22.7 Å². The summed E-state index contributed by atoms with van der Waals surface area (Å²) in [6, 6.07) is 9.31. The predicted octanol–water partition coefficient (Wildman–Crippen LogP) is 3.22. The maximum absolute atomic E-state index is 12.7. The molecule has 4 nitrogen and oxygen atoms in total. The van der Waals surface area contributed by atoms with Gasteiger partial charge < -0.3 is 0 Å². The van der Waals surface area contributed by atoms with Gasteiger partial charge in [-0.1, -0.05) is 42.0 Å². The normalized spacial score (nSPS) is 13.2. The minimum absolute atomic E-state index is 0.0684. The molecule has 2 heterocycles. The van der Waals surface area contributed by atoms with E-state index in [9.17, 15) is 4.79 Å². The number of allylic oxidation sites excluding steroid dienone is 4. The van der Waals surface area contributed by atoms with Crippen LogP contribution in [0.1, 0.15) is 16.8 Å². The Morgan fingerprint density at radius 2 is 1.95 bits per heavy atom. The summed E-state index contributed by atoms with van der Waals surface area (Å²) < 4.78 is 1.47. The summed E-state index contributed by atoms with van der Waals surface area (Å²) in [5, 5.41) is 3.59. The molecule has 0 unspecified atom stereocenters. The summed E-state index contributed by atoms with van der Waals surface area (Å²) in [5.41, 5.74) is 4.01. The van der Waals surface area contributed by atoms with E-state index < -0.39 is 0 Å². The van der Waals surface area contributed by atoms with Crippen LogP contribution in [-0.4, -0.2) is 14.6 Å². The van der Waals surface area contributed by atoms with Crippen molar-refractivity contribution >= 4 is 22.8 Å². The Hall–Kier alpha value is -2.59. The molecule has 3 aromatic rings. The van der Waals surface area contributed by atoms with Crippen molar-refractivity contribution in [3.05, 3.63) is 87.0 Å². The minimum Gasteiger partial charge on any atom is -0.297 e. The molecule has 1 aliphatic rings. The lowest BCUT2D eigenvalue weighted by molar-refractivity contribution is 0.868. The molecule has 0 aliphatic heterocycles. The second kappa shape index (κ2) is 5.00. The van der Waals surface area contributed by atoms with Crippen molar-refractivity contribution in [1.82, 2.24) is 14.6 Å². The molecule has 0 bridgehead atoms. The molecule has 0 amide bonds. The second-order valence-corrected chi connectivity index (χ2v) is 5.62. The van der Waals surface area contributed by atoms with E-state index in [1.165, 1.54) is 4.52 Å². The lowest BCUT2D eigenvalue weighted by Crippen LogP contribution is -2.23. The summed E-state index contributed by atoms with van der Waals surface area (Å²) in [7, 11) is 0. The number of aromatic amines is 1. The standard InChI is InChI=1S/C17H12ClN3O/c18-13-6-4-11(5-7-13)10-14-16(12-2-1-3-12)20-15-8-9-19-21(15)17(14)22/h1-9,19H,10H2. The molecule has 0 radical (unpaired) electrons. The lowest BCUT2D eigenvalue weighted by atomic mass is 9.97. The van der Waals surface area contributed by atoms with Gasteiger partial charge in [0.25, 0.3) is 5.56 Å². The van der Waals surface area contributed by atoms with Crippen molar-refractivity contribution in [1.29, 1.82) is 0 Å². The zero-order chi connectivity index (χ0) is 15.1. The number of rotatable bonds is 3. The van der Waals surface area contributed by atoms with Crippen LogP contribution in [0.3, 0.4) is 0 Å². The van der Waals surface area contributed by atoms with Gasteiger partial charge in [-0.25, -0.2) is 9.50 Å². The highest BCUT2D eigenvalue weighted by Crippen LogP contribution is 2.24. The zero-order valence-corrected chi connectivity index (χ0v) is 12.3. The topological polar surface area (TPSA) is 50.2 Å². The number of aromatic nitrogens is 3. The van der Waals surface area contributed by atoms with Gasteiger partial charge in [0, 0.05) is 29.3 Å². The maximum atomic E-state index is 12.7. The minimum atomic E-state index is -0.0684. The smallest absolute Gasteiger partial charge is 0.276 e. The molecular weight excluding hydrogens is 298 g/mol. The van der Waals surface area contributed by atoms with Crippen molar-refractivity contribution in [2.24, 2.45) is 0 Å². The molecule has 2 aromatic heterocycles. The van der Waals surface area contributed by atoms with Crippen LogP contribution in [0.25, 0.3) is 11.2 Å². The summed E-state index contributed by atoms with van der Waals surface area (Å²) in [6.45, 7) is 0. The highest BCUT2D eigenvalue weighted by atomic mass is 35.5. The van der Waals surface area contributed by atoms with Gasteiger partial charge in [0.2, 0.25) is 0 Å². The van der Waals surface area contributed by atoms with Crippen LogP contribution in [0.5, 0.6) is 0 Å². The van der Waals surface area contributed by atoms with Gasteiger partial charge in [-0.3, -0.25) is 9.89 Å². The van der Waals surface area contributed by atoms with Crippen LogP contribution in [0.15, 0.2) is 59.6 Å². The first kappa shape index (κ1) is 13.1. The molecule has 0 spiro atoms. The Morgan fingerprint density at radius 1 is 1.18 bits per heavy atom. The third-order valence-electron chi connectivity index (χ3n) is 3.76. The van der Waals surface area contributed by atoms with Crippen LogP contribution in [-0.2, 0) is 6.42 Å². The Bertz CT molecular complexity index is 977. The fraction of sp³-hybridized carbons (Fsp3) is 0.0588. The number of benzene rings is 1. The molecule has 1 aromatic carbocycles. The summed E-state index contributed by atoms with van der Waals surface area (Å²) >= 11 is 5.92. The Morgan fingerprint density at radius 3 is 2.64 bits per heavy atom. The van der Waals surface area contributed by atoms with Crippen LogP contribution < -0.4 is 5.56 Å². The summed E-state index contributed by atoms with van der Waals surface area (Å²) in [5.74, 6) is 0. The van der Waals surface area contributed by atoms with Gasteiger partial charge in [-0.15, -0.1) is 0 Å². The molecule has 22 heavy (non-hydrogen) atoms. The first-order chi connectivity index (χ1) is 10.7. The highest BCUT2D eigenvalue weighted by Gasteiger charge is 2.17. The SMILES string of the molecule is O=c1c(Cc2ccc(Cl)cc2)c(C2=CC=C2)nc2cc[nH]n12. The number of nitrogens with zero attached hydrogens (tertiary/aromatic N) is 2. The lowest BCUT2D eigenvalue weighted by Gasteiger charge is -2.12. The average Bonchev–Trinajstić information content (AvgIpc) is 2.92. The number of nitrogens with one attached hydrogen (secondary N) is 1. The van der Waals surface area contributed by atoms with E-state index in [-0.39, 0.29) is 5.56 Å². The third kappa shape index (κ3) is 2.09. The van der Waals surface area contributed by atoms with Gasteiger partial charge in [0.15, 0.2) is 5.65 Å². The molecule has 108 valence electrons. The van der Waals surface area contributed by atoms with Crippen LogP contribution in [0.4, 0.5) is 0 Å². The van der Waals surface area contributed by atoms with E-state index in [4.69, 9.17) is 11.6 Å². The second-order valence-electron chi connectivity index (χ2n) is 5.18. The molecule has 0 saturated heterocycles. The van der Waals surface area contributed by atoms with Gasteiger partial charge >= 0.3 is 0 Å². The van der Waals surface area contributed by atoms with E-state index in [1.54, 1.807) is 12.3 Å². The quantitative estimate of drug-likeness (QED) is 0.807. The molecule has 1 N–H and O–H groups in total. The van der Waals surface area contributed by atoms with Crippen molar-refractivity contribution in [2.75, 3.05) is 0 Å². The van der Waals surface area contributed by atoms with Crippen LogP contribution in [0, 0.1) is 0 Å². The van der Waals surface area contributed by atoms with E-state index in [1.807, 2.05) is 42.5 Å². The molecule has 0 fully saturated rings. The Labute approximate surface area is 131 Å². The van der Waals surface area contributed by atoms with Crippen molar-refractivity contribution in [3.8, 4) is 0 Å². The van der Waals surface area contributed by atoms with E-state index in [0.717, 1.165) is 16.8 Å². The predicted molar refractivity (Wildman–Crippen MR) is 87.2 cm³/mol. The first-order valence-electron chi connectivity index (χ1n) is 6.94. The maximum Gasteiger partial charge on any atom is 0.276 e. The third-order valence-corrected chi connectivity index (χ3v) is 4.01. The monoisotopic (exact) mass is 309 g/mol. The van der Waals surface area contributed by atoms with Crippen molar-refractivity contribution in [2.45, 2.75) is 6.42 Å². The van der Waals surface area contributed by atoms with Gasteiger partial charge in [0.1, 0.15) is 0 Å². The number of hydrogen-bond acceptors (Lipinski definition) is 2. The number of H-pyrrole nitrogens is 1. The van der Waals surface area contributed by atoms with Crippen LogP contribution in [0.2, 0.25) is 5.02 Å². The fourth-order valence-corrected chi connectivity index (χ4v) is 2.68. The van der Waals surface area contributed by atoms with Gasteiger partial charge in [-0.2, -0.15) is 0 Å². The summed E-state index contributed by atoms with van der Waals surface area (Å²) in [6.07, 6.45) is 8.12. The largest absolute Gasteiger partial charge is 0.297 e. The number of hydrogen-bond donors (Lipinski definition) is 1. The molecule has 1 aliphatic carbocycles. The number of halogens is 1. The Balaban J connectivity index is 1.88. The van der Waals surface area contributed by atoms with Crippen LogP contribution >= 0.6 is 11.6 Å². The molecule has 4 rings (SSSR count). The molecule has 5 heteroatoms. The zero-order valence-electron chi connectivity index (χ0n) is 11.6. The average molecular weight is 310 g/mol. The van der Waals surface area contributed by atoms with Gasteiger partial charge in [0.05, 0.1) is 11.3 Å². The van der Waals surface area contributed by atoms with Crippen molar-refractivity contribution < 1.29 is 0 Å².